The topological polar surface area (TPSA) is 29.1 Å². The maximum absolute atomic E-state index is 13.1. The van der Waals surface area contributed by atoms with Crippen LogP contribution in [0.1, 0.15) is 18.9 Å². The monoisotopic (exact) mass is 273 g/mol. The number of rotatable bonds is 3. The molecular formula is C11H13BrFNO. The molecule has 0 aliphatic rings. The molecule has 1 amide bonds. The Kier molecular flexibility index (Phi) is 4.27. The van der Waals surface area contributed by atoms with Gasteiger partial charge in [0.1, 0.15) is 5.82 Å². The molecule has 1 N–H and O–H groups in total. The van der Waals surface area contributed by atoms with E-state index >= 15 is 0 Å². The van der Waals surface area contributed by atoms with E-state index in [-0.39, 0.29) is 16.6 Å². The Bertz CT molecular complexity index is 368. The van der Waals surface area contributed by atoms with Crippen molar-refractivity contribution in [1.29, 1.82) is 0 Å². The Hall–Kier alpha value is -0.900. The van der Waals surface area contributed by atoms with E-state index in [9.17, 15) is 9.18 Å². The third-order valence-corrected chi connectivity index (χ3v) is 3.23. The van der Waals surface area contributed by atoms with Crippen molar-refractivity contribution >= 4 is 27.5 Å². The molecule has 0 heterocycles. The van der Waals surface area contributed by atoms with Crippen LogP contribution in [0, 0.1) is 12.7 Å². The Morgan fingerprint density at radius 1 is 1.60 bits per heavy atom. The van der Waals surface area contributed by atoms with E-state index in [4.69, 9.17) is 0 Å². The maximum atomic E-state index is 13.1. The van der Waals surface area contributed by atoms with Crippen molar-refractivity contribution in [2.24, 2.45) is 0 Å². The highest BCUT2D eigenvalue weighted by Crippen LogP contribution is 2.18. The van der Waals surface area contributed by atoms with Gasteiger partial charge in [-0.15, -0.1) is 0 Å². The van der Waals surface area contributed by atoms with Gasteiger partial charge >= 0.3 is 0 Å². The predicted octanol–water partition coefficient (Wildman–Crippen LogP) is 3.25. The molecule has 0 spiro atoms. The molecule has 4 heteroatoms. The molecule has 15 heavy (non-hydrogen) atoms. The van der Waals surface area contributed by atoms with Crippen LogP contribution in [0.4, 0.5) is 10.1 Å². The average molecular weight is 274 g/mol. The van der Waals surface area contributed by atoms with E-state index in [1.54, 1.807) is 19.1 Å². The van der Waals surface area contributed by atoms with Gasteiger partial charge in [0.15, 0.2) is 0 Å². The highest BCUT2D eigenvalue weighted by atomic mass is 79.9. The Labute approximate surface area is 97.0 Å². The molecule has 2 nitrogen and oxygen atoms in total. The average Bonchev–Trinajstić information content (AvgIpc) is 2.23. The zero-order chi connectivity index (χ0) is 11.4. The molecule has 82 valence electrons. The third kappa shape index (κ3) is 3.02. The standard InChI is InChI=1S/C11H13BrFNO/c1-3-8(12)11(15)14-10-6-4-5-9(13)7(10)2/h4-6,8H,3H2,1-2H3,(H,14,15). The molecular weight excluding hydrogens is 261 g/mol. The fourth-order valence-corrected chi connectivity index (χ4v) is 1.25. The van der Waals surface area contributed by atoms with Crippen LogP contribution in [-0.2, 0) is 4.79 Å². The molecule has 1 atom stereocenters. The van der Waals surface area contributed by atoms with E-state index in [1.165, 1.54) is 6.07 Å². The summed E-state index contributed by atoms with van der Waals surface area (Å²) in [4.78, 5) is 11.3. The van der Waals surface area contributed by atoms with Crippen molar-refractivity contribution in [3.63, 3.8) is 0 Å². The number of hydrogen-bond acceptors (Lipinski definition) is 1. The minimum atomic E-state index is -0.310. The molecule has 0 radical (unpaired) electrons. The van der Waals surface area contributed by atoms with Gasteiger partial charge in [0, 0.05) is 11.3 Å². The number of anilines is 1. The van der Waals surface area contributed by atoms with Gasteiger partial charge in [0.25, 0.3) is 0 Å². The van der Waals surface area contributed by atoms with Crippen LogP contribution in [0.3, 0.4) is 0 Å². The van der Waals surface area contributed by atoms with E-state index in [2.05, 4.69) is 21.2 Å². The van der Waals surface area contributed by atoms with Crippen LogP contribution >= 0.6 is 15.9 Å². The second-order valence-corrected chi connectivity index (χ2v) is 4.38. The van der Waals surface area contributed by atoms with Crippen molar-refractivity contribution in [2.45, 2.75) is 25.1 Å². The van der Waals surface area contributed by atoms with E-state index < -0.39 is 0 Å². The summed E-state index contributed by atoms with van der Waals surface area (Å²) in [7, 11) is 0. The summed E-state index contributed by atoms with van der Waals surface area (Å²) in [6, 6.07) is 4.63. The smallest absolute Gasteiger partial charge is 0.238 e. The SMILES string of the molecule is CCC(Br)C(=O)Nc1cccc(F)c1C. The quantitative estimate of drug-likeness (QED) is 0.842. The highest BCUT2D eigenvalue weighted by Gasteiger charge is 2.13. The van der Waals surface area contributed by atoms with E-state index in [0.29, 0.717) is 17.7 Å². The largest absolute Gasteiger partial charge is 0.325 e. The second kappa shape index (κ2) is 5.26. The fourth-order valence-electron chi connectivity index (χ4n) is 1.14. The number of nitrogens with one attached hydrogen (secondary N) is 1. The molecule has 0 aliphatic heterocycles. The molecule has 1 unspecified atom stereocenters. The van der Waals surface area contributed by atoms with Crippen LogP contribution in [0.2, 0.25) is 0 Å². The van der Waals surface area contributed by atoms with Crippen molar-refractivity contribution < 1.29 is 9.18 Å². The van der Waals surface area contributed by atoms with E-state index in [0.717, 1.165) is 0 Å². The number of carbonyl (C=O) groups excluding carboxylic acids is 1. The summed E-state index contributed by atoms with van der Waals surface area (Å²) in [5.74, 6) is -0.457. The number of halogens is 2. The number of amides is 1. The third-order valence-electron chi connectivity index (χ3n) is 2.17. The molecule has 1 rings (SSSR count). The van der Waals surface area contributed by atoms with Gasteiger partial charge in [-0.05, 0) is 25.5 Å². The van der Waals surface area contributed by atoms with Crippen molar-refractivity contribution in [1.82, 2.24) is 0 Å². The van der Waals surface area contributed by atoms with Crippen LogP contribution in [0.15, 0.2) is 18.2 Å². The first kappa shape index (κ1) is 12.2. The second-order valence-electron chi connectivity index (χ2n) is 3.28. The van der Waals surface area contributed by atoms with Gasteiger partial charge in [-0.1, -0.05) is 28.9 Å². The van der Waals surface area contributed by atoms with Gasteiger partial charge < -0.3 is 5.32 Å². The van der Waals surface area contributed by atoms with Crippen molar-refractivity contribution in [2.75, 3.05) is 5.32 Å². The first-order chi connectivity index (χ1) is 7.06. The minimum absolute atomic E-state index is 0.147. The maximum Gasteiger partial charge on any atom is 0.238 e. The fraction of sp³-hybridized carbons (Fsp3) is 0.364. The summed E-state index contributed by atoms with van der Waals surface area (Å²) in [5.41, 5.74) is 0.986. The number of hydrogen-bond donors (Lipinski definition) is 1. The summed E-state index contributed by atoms with van der Waals surface area (Å²) in [6.45, 7) is 3.54. The molecule has 0 saturated carbocycles. The summed E-state index contributed by atoms with van der Waals surface area (Å²) in [6.07, 6.45) is 0.695. The number of alkyl halides is 1. The molecule has 1 aromatic carbocycles. The molecule has 0 fully saturated rings. The van der Waals surface area contributed by atoms with Gasteiger partial charge in [0.2, 0.25) is 5.91 Å². The predicted molar refractivity (Wildman–Crippen MR) is 62.8 cm³/mol. The summed E-state index contributed by atoms with van der Waals surface area (Å²) >= 11 is 3.24. The van der Waals surface area contributed by atoms with E-state index in [1.807, 2.05) is 6.92 Å². The van der Waals surface area contributed by atoms with Gasteiger partial charge in [-0.25, -0.2) is 4.39 Å². The van der Waals surface area contributed by atoms with Gasteiger partial charge in [0.05, 0.1) is 4.83 Å². The zero-order valence-corrected chi connectivity index (χ0v) is 10.3. The molecule has 0 aromatic heterocycles. The van der Waals surface area contributed by atoms with Crippen molar-refractivity contribution in [3.8, 4) is 0 Å². The Morgan fingerprint density at radius 2 is 2.27 bits per heavy atom. The lowest BCUT2D eigenvalue weighted by molar-refractivity contribution is -0.115. The first-order valence-corrected chi connectivity index (χ1v) is 5.68. The summed E-state index contributed by atoms with van der Waals surface area (Å²) < 4.78 is 13.1. The molecule has 1 aromatic rings. The molecule has 0 saturated heterocycles. The van der Waals surface area contributed by atoms with Gasteiger partial charge in [-0.2, -0.15) is 0 Å². The minimum Gasteiger partial charge on any atom is -0.325 e. The number of benzene rings is 1. The lowest BCUT2D eigenvalue weighted by Crippen LogP contribution is -2.22. The van der Waals surface area contributed by atoms with Crippen LogP contribution < -0.4 is 5.32 Å². The van der Waals surface area contributed by atoms with Crippen molar-refractivity contribution in [3.05, 3.63) is 29.6 Å². The highest BCUT2D eigenvalue weighted by molar-refractivity contribution is 9.10. The Morgan fingerprint density at radius 3 is 2.87 bits per heavy atom. The lowest BCUT2D eigenvalue weighted by Gasteiger charge is -2.11. The normalized spacial score (nSPS) is 12.3. The lowest BCUT2D eigenvalue weighted by atomic mass is 10.2. The number of carbonyl (C=O) groups is 1. The van der Waals surface area contributed by atoms with Crippen LogP contribution in [-0.4, -0.2) is 10.7 Å². The molecule has 0 aliphatic carbocycles. The van der Waals surface area contributed by atoms with Crippen LogP contribution in [0.25, 0.3) is 0 Å². The first-order valence-electron chi connectivity index (χ1n) is 4.76. The Balaban J connectivity index is 2.81. The zero-order valence-electron chi connectivity index (χ0n) is 8.68. The molecule has 0 bridgehead atoms. The van der Waals surface area contributed by atoms with Crippen LogP contribution in [0.5, 0.6) is 0 Å². The summed E-state index contributed by atoms with van der Waals surface area (Å²) in [5, 5.41) is 2.68. The van der Waals surface area contributed by atoms with Gasteiger partial charge in [-0.3, -0.25) is 4.79 Å².